The molecule has 0 saturated heterocycles. The Balaban J connectivity index is 4.64. The predicted molar refractivity (Wildman–Crippen MR) is 55.6 cm³/mol. The molecule has 84 valence electrons. The van der Waals surface area contributed by atoms with E-state index in [-0.39, 0.29) is 0 Å². The van der Waals surface area contributed by atoms with Crippen LogP contribution in [0.15, 0.2) is 25.3 Å². The Morgan fingerprint density at radius 1 is 1.20 bits per heavy atom. The number of carbonyl (C=O) groups is 2. The fourth-order valence-electron chi connectivity index (χ4n) is 1.20. The first-order valence-electron chi connectivity index (χ1n) is 4.43. The van der Waals surface area contributed by atoms with E-state index >= 15 is 0 Å². The maximum atomic E-state index is 10.9. The summed E-state index contributed by atoms with van der Waals surface area (Å²) in [6.07, 6.45) is 2.62. The molecule has 0 amide bonds. The van der Waals surface area contributed by atoms with Crippen LogP contribution in [0.25, 0.3) is 0 Å². The molecule has 0 saturated carbocycles. The summed E-state index contributed by atoms with van der Waals surface area (Å²) in [6, 6.07) is -1.04. The van der Waals surface area contributed by atoms with Crippen molar-refractivity contribution in [1.29, 1.82) is 0 Å². The Hall–Kier alpha value is -1.62. The number of hydrogen-bond donors (Lipinski definition) is 2. The van der Waals surface area contributed by atoms with Crippen molar-refractivity contribution < 1.29 is 19.8 Å². The van der Waals surface area contributed by atoms with Crippen molar-refractivity contribution in [3.8, 4) is 0 Å². The topological polar surface area (TPSA) is 77.8 Å². The van der Waals surface area contributed by atoms with Crippen molar-refractivity contribution in [3.05, 3.63) is 25.3 Å². The number of aliphatic carboxylic acids is 2. The molecular formula is C10H15NO4. The molecule has 0 aliphatic rings. The van der Waals surface area contributed by atoms with Gasteiger partial charge in [0.1, 0.15) is 6.04 Å². The lowest BCUT2D eigenvalue weighted by Crippen LogP contribution is -2.42. The van der Waals surface area contributed by atoms with Crippen LogP contribution in [0.1, 0.15) is 6.42 Å². The third-order valence-electron chi connectivity index (χ3n) is 1.82. The highest BCUT2D eigenvalue weighted by Gasteiger charge is 2.26. The van der Waals surface area contributed by atoms with Crippen LogP contribution in [0.4, 0.5) is 0 Å². The standard InChI is InChI=1S/C10H15NO4/c1-3-5-11(6-4-2)8(10(14)15)7-9(12)13/h3-4,8H,1-2,5-7H2,(H,12,13)(H,14,15)/t8-/m0/s1. The molecule has 0 spiro atoms. The van der Waals surface area contributed by atoms with E-state index < -0.39 is 24.4 Å². The molecule has 0 heterocycles. The minimum atomic E-state index is -1.15. The molecule has 2 N–H and O–H groups in total. The second-order valence-electron chi connectivity index (χ2n) is 2.98. The van der Waals surface area contributed by atoms with Gasteiger partial charge < -0.3 is 10.2 Å². The number of carboxylic acids is 2. The lowest BCUT2D eigenvalue weighted by molar-refractivity contribution is -0.149. The van der Waals surface area contributed by atoms with Crippen molar-refractivity contribution in [3.63, 3.8) is 0 Å². The fourth-order valence-corrected chi connectivity index (χ4v) is 1.20. The van der Waals surface area contributed by atoms with Gasteiger partial charge in [-0.25, -0.2) is 0 Å². The molecule has 0 aromatic carbocycles. The molecule has 1 atom stereocenters. The van der Waals surface area contributed by atoms with E-state index in [0.29, 0.717) is 13.1 Å². The van der Waals surface area contributed by atoms with Crippen molar-refractivity contribution in [2.24, 2.45) is 0 Å². The first-order valence-corrected chi connectivity index (χ1v) is 4.43. The van der Waals surface area contributed by atoms with Crippen molar-refractivity contribution in [1.82, 2.24) is 4.90 Å². The van der Waals surface area contributed by atoms with Crippen LogP contribution >= 0.6 is 0 Å². The van der Waals surface area contributed by atoms with E-state index in [0.717, 1.165) is 0 Å². The Labute approximate surface area is 88.3 Å². The van der Waals surface area contributed by atoms with Gasteiger partial charge in [0, 0.05) is 13.1 Å². The van der Waals surface area contributed by atoms with Gasteiger partial charge in [0.05, 0.1) is 6.42 Å². The molecule has 0 unspecified atom stereocenters. The molecule has 0 aromatic rings. The van der Waals surface area contributed by atoms with Crippen LogP contribution in [-0.4, -0.2) is 46.2 Å². The summed E-state index contributed by atoms with van der Waals surface area (Å²) in [7, 11) is 0. The minimum Gasteiger partial charge on any atom is -0.481 e. The summed E-state index contributed by atoms with van der Waals surface area (Å²) in [5.41, 5.74) is 0. The summed E-state index contributed by atoms with van der Waals surface area (Å²) >= 11 is 0. The quantitative estimate of drug-likeness (QED) is 0.577. The van der Waals surface area contributed by atoms with Crippen LogP contribution < -0.4 is 0 Å². The second-order valence-corrected chi connectivity index (χ2v) is 2.98. The molecule has 0 aromatic heterocycles. The van der Waals surface area contributed by atoms with Crippen molar-refractivity contribution in [2.45, 2.75) is 12.5 Å². The molecule has 0 fully saturated rings. The first-order chi connectivity index (χ1) is 7.02. The molecule has 15 heavy (non-hydrogen) atoms. The highest BCUT2D eigenvalue weighted by molar-refractivity contribution is 5.80. The zero-order valence-electron chi connectivity index (χ0n) is 8.43. The van der Waals surface area contributed by atoms with E-state index in [9.17, 15) is 9.59 Å². The molecule has 0 aliphatic heterocycles. The molecule has 5 nitrogen and oxygen atoms in total. The Morgan fingerprint density at radius 3 is 1.93 bits per heavy atom. The second kappa shape index (κ2) is 6.78. The summed E-state index contributed by atoms with van der Waals surface area (Å²) in [5.74, 6) is -2.29. The predicted octanol–water partition coefficient (Wildman–Crippen LogP) is 0.588. The fraction of sp³-hybridized carbons (Fsp3) is 0.400. The Morgan fingerprint density at radius 2 is 1.67 bits per heavy atom. The zero-order chi connectivity index (χ0) is 11.8. The van der Waals surface area contributed by atoms with Crippen LogP contribution in [-0.2, 0) is 9.59 Å². The number of nitrogens with zero attached hydrogens (tertiary/aromatic N) is 1. The van der Waals surface area contributed by atoms with Crippen LogP contribution in [0.5, 0.6) is 0 Å². The normalized spacial score (nSPS) is 12.1. The molecule has 0 rings (SSSR count). The monoisotopic (exact) mass is 213 g/mol. The molecule has 0 radical (unpaired) electrons. The van der Waals surface area contributed by atoms with Gasteiger partial charge >= 0.3 is 11.9 Å². The van der Waals surface area contributed by atoms with Gasteiger partial charge in [-0.15, -0.1) is 13.2 Å². The van der Waals surface area contributed by atoms with Gasteiger partial charge in [0.25, 0.3) is 0 Å². The summed E-state index contributed by atoms with van der Waals surface area (Å²) in [5, 5.41) is 17.4. The van der Waals surface area contributed by atoms with E-state index in [1.165, 1.54) is 17.1 Å². The lowest BCUT2D eigenvalue weighted by atomic mass is 10.1. The van der Waals surface area contributed by atoms with E-state index in [4.69, 9.17) is 10.2 Å². The number of carboxylic acid groups (broad SMARTS) is 2. The molecular weight excluding hydrogens is 198 g/mol. The lowest BCUT2D eigenvalue weighted by Gasteiger charge is -2.25. The zero-order valence-corrected chi connectivity index (χ0v) is 8.43. The largest absolute Gasteiger partial charge is 0.481 e. The Kier molecular flexibility index (Phi) is 6.05. The maximum Gasteiger partial charge on any atom is 0.321 e. The SMILES string of the molecule is C=CCN(CC=C)[C@@H](CC(=O)O)C(=O)O. The highest BCUT2D eigenvalue weighted by Crippen LogP contribution is 2.05. The van der Waals surface area contributed by atoms with Gasteiger partial charge in [-0.2, -0.15) is 0 Å². The average Bonchev–Trinajstić information content (AvgIpc) is 2.13. The van der Waals surface area contributed by atoms with Gasteiger partial charge in [-0.1, -0.05) is 12.2 Å². The third kappa shape index (κ3) is 4.97. The highest BCUT2D eigenvalue weighted by atomic mass is 16.4. The first kappa shape index (κ1) is 13.4. The van der Waals surface area contributed by atoms with E-state index in [1.54, 1.807) is 0 Å². The maximum absolute atomic E-state index is 10.9. The third-order valence-corrected chi connectivity index (χ3v) is 1.82. The summed E-state index contributed by atoms with van der Waals surface area (Å²) in [6.45, 7) is 7.61. The van der Waals surface area contributed by atoms with Crippen LogP contribution in [0.3, 0.4) is 0 Å². The number of hydrogen-bond acceptors (Lipinski definition) is 3. The molecule has 0 bridgehead atoms. The van der Waals surface area contributed by atoms with E-state index in [2.05, 4.69) is 13.2 Å². The van der Waals surface area contributed by atoms with Gasteiger partial charge in [-0.05, 0) is 0 Å². The average molecular weight is 213 g/mol. The number of rotatable bonds is 8. The molecule has 0 aliphatic carbocycles. The smallest absolute Gasteiger partial charge is 0.321 e. The van der Waals surface area contributed by atoms with Crippen LogP contribution in [0, 0.1) is 0 Å². The van der Waals surface area contributed by atoms with Gasteiger partial charge in [0.15, 0.2) is 0 Å². The van der Waals surface area contributed by atoms with Gasteiger partial charge in [-0.3, -0.25) is 14.5 Å². The van der Waals surface area contributed by atoms with Crippen LogP contribution in [0.2, 0.25) is 0 Å². The minimum absolute atomic E-state index is 0.316. The Bertz CT molecular complexity index is 252. The van der Waals surface area contributed by atoms with Gasteiger partial charge in [0.2, 0.25) is 0 Å². The summed E-state index contributed by atoms with van der Waals surface area (Å²) < 4.78 is 0. The molecule has 5 heteroatoms. The summed E-state index contributed by atoms with van der Waals surface area (Å²) in [4.78, 5) is 22.8. The van der Waals surface area contributed by atoms with E-state index in [1.807, 2.05) is 0 Å². The van der Waals surface area contributed by atoms with Crippen molar-refractivity contribution in [2.75, 3.05) is 13.1 Å². The van der Waals surface area contributed by atoms with Crippen molar-refractivity contribution >= 4 is 11.9 Å².